The number of likely N-dealkylation sites (tertiary alicyclic amines) is 1. The molecule has 2 aliphatic carbocycles. The largest absolute Gasteiger partial charge is 0.381 e. The Kier molecular flexibility index (Phi) is 5.61. The molecule has 0 amide bonds. The van der Waals surface area contributed by atoms with Gasteiger partial charge in [-0.1, -0.05) is 19.3 Å². The minimum atomic E-state index is 0.600. The Bertz CT molecular complexity index is 373. The van der Waals surface area contributed by atoms with Crippen molar-refractivity contribution in [2.24, 2.45) is 16.3 Å². The van der Waals surface area contributed by atoms with Gasteiger partial charge < -0.3 is 15.0 Å². The number of nitrogens with one attached hydrogen (secondary N) is 1. The summed E-state index contributed by atoms with van der Waals surface area (Å²) in [5.74, 6) is 1.97. The summed E-state index contributed by atoms with van der Waals surface area (Å²) >= 11 is 0. The second kappa shape index (κ2) is 7.67. The van der Waals surface area contributed by atoms with Gasteiger partial charge in [-0.2, -0.15) is 0 Å². The highest BCUT2D eigenvalue weighted by atomic mass is 16.5. The first-order valence-electron chi connectivity index (χ1n) is 9.35. The number of nitrogens with zero attached hydrogens (tertiary/aromatic N) is 2. The molecule has 4 nitrogen and oxygen atoms in total. The molecule has 126 valence electrons. The van der Waals surface area contributed by atoms with Gasteiger partial charge >= 0.3 is 0 Å². The van der Waals surface area contributed by atoms with Crippen molar-refractivity contribution < 1.29 is 4.74 Å². The van der Waals surface area contributed by atoms with E-state index in [2.05, 4.69) is 15.2 Å². The highest BCUT2D eigenvalue weighted by Crippen LogP contribution is 2.43. The van der Waals surface area contributed by atoms with E-state index in [9.17, 15) is 0 Å². The molecule has 1 aliphatic heterocycles. The van der Waals surface area contributed by atoms with E-state index in [1.54, 1.807) is 0 Å². The summed E-state index contributed by atoms with van der Waals surface area (Å²) in [6.07, 6.45) is 12.3. The average molecular weight is 307 g/mol. The maximum atomic E-state index is 5.70. The summed E-state index contributed by atoms with van der Waals surface area (Å²) < 4.78 is 5.70. The van der Waals surface area contributed by atoms with Crippen LogP contribution in [0.4, 0.5) is 0 Å². The molecule has 22 heavy (non-hydrogen) atoms. The summed E-state index contributed by atoms with van der Waals surface area (Å²) in [4.78, 5) is 6.98. The van der Waals surface area contributed by atoms with Crippen LogP contribution in [0.1, 0.15) is 57.8 Å². The number of hydrogen-bond donors (Lipinski definition) is 1. The molecule has 0 aromatic rings. The lowest BCUT2D eigenvalue weighted by atomic mass is 9.73. The van der Waals surface area contributed by atoms with Crippen molar-refractivity contribution in [1.82, 2.24) is 10.2 Å². The molecule has 3 rings (SSSR count). The maximum Gasteiger partial charge on any atom is 0.193 e. The van der Waals surface area contributed by atoms with Gasteiger partial charge in [0.2, 0.25) is 0 Å². The molecule has 3 fully saturated rings. The van der Waals surface area contributed by atoms with Crippen molar-refractivity contribution >= 4 is 5.96 Å². The molecule has 0 radical (unpaired) electrons. The first-order chi connectivity index (χ1) is 10.8. The van der Waals surface area contributed by atoms with Crippen molar-refractivity contribution in [3.63, 3.8) is 0 Å². The Balaban J connectivity index is 1.34. The van der Waals surface area contributed by atoms with Gasteiger partial charge in [0, 0.05) is 39.9 Å². The number of guanidine groups is 1. The zero-order chi connectivity index (χ0) is 15.3. The summed E-state index contributed by atoms with van der Waals surface area (Å²) in [6.45, 7) is 5.22. The molecule has 0 aromatic carbocycles. The zero-order valence-electron chi connectivity index (χ0n) is 14.3. The van der Waals surface area contributed by atoms with Crippen molar-refractivity contribution in [3.05, 3.63) is 0 Å². The van der Waals surface area contributed by atoms with Crippen LogP contribution in [-0.4, -0.2) is 50.8 Å². The lowest BCUT2D eigenvalue weighted by Crippen LogP contribution is -2.42. The number of rotatable bonds is 6. The quantitative estimate of drug-likeness (QED) is 0.465. The third kappa shape index (κ3) is 4.37. The van der Waals surface area contributed by atoms with Crippen LogP contribution in [0.25, 0.3) is 0 Å². The summed E-state index contributed by atoms with van der Waals surface area (Å²) in [5.41, 5.74) is 0.600. The third-order valence-electron chi connectivity index (χ3n) is 5.66. The van der Waals surface area contributed by atoms with E-state index < -0.39 is 0 Å². The first kappa shape index (κ1) is 16.1. The van der Waals surface area contributed by atoms with Crippen LogP contribution in [0.15, 0.2) is 4.99 Å². The van der Waals surface area contributed by atoms with Crippen LogP contribution in [0.2, 0.25) is 0 Å². The zero-order valence-corrected chi connectivity index (χ0v) is 14.3. The van der Waals surface area contributed by atoms with Gasteiger partial charge in [-0.05, 0) is 49.9 Å². The average Bonchev–Trinajstić information content (AvgIpc) is 3.29. The molecule has 4 heteroatoms. The van der Waals surface area contributed by atoms with Gasteiger partial charge in [0.15, 0.2) is 5.96 Å². The van der Waals surface area contributed by atoms with E-state index in [0.717, 1.165) is 38.1 Å². The predicted octanol–water partition coefficient (Wildman–Crippen LogP) is 3.03. The van der Waals surface area contributed by atoms with Crippen LogP contribution < -0.4 is 5.32 Å². The monoisotopic (exact) mass is 307 g/mol. The molecule has 1 saturated heterocycles. The number of aliphatic imine (C=N–C) groups is 1. The molecule has 1 spiro atoms. The minimum absolute atomic E-state index is 0.600. The normalized spacial score (nSPS) is 25.0. The van der Waals surface area contributed by atoms with E-state index >= 15 is 0 Å². The van der Waals surface area contributed by atoms with Crippen molar-refractivity contribution in [2.45, 2.75) is 57.8 Å². The SMILES string of the molecule is CN=C(NCCCOCC1CC1)N1CCC2(CCCCC2)C1. The van der Waals surface area contributed by atoms with E-state index in [0.29, 0.717) is 5.41 Å². The summed E-state index contributed by atoms with van der Waals surface area (Å²) in [6, 6.07) is 0. The second-order valence-corrected chi connectivity index (χ2v) is 7.58. The molecular formula is C18H33N3O. The fourth-order valence-corrected chi connectivity index (χ4v) is 4.07. The number of hydrogen-bond acceptors (Lipinski definition) is 2. The van der Waals surface area contributed by atoms with E-state index in [-0.39, 0.29) is 0 Å². The van der Waals surface area contributed by atoms with Crippen LogP contribution in [0, 0.1) is 11.3 Å². The standard InChI is InChI=1S/C18H33N3O/c1-19-17(20-11-5-13-22-14-16-6-7-16)21-12-10-18(15-21)8-3-2-4-9-18/h16H,2-15H2,1H3,(H,19,20). The van der Waals surface area contributed by atoms with Crippen LogP contribution in [0.3, 0.4) is 0 Å². The number of ether oxygens (including phenoxy) is 1. The van der Waals surface area contributed by atoms with E-state index in [1.807, 2.05) is 7.05 Å². The van der Waals surface area contributed by atoms with E-state index in [4.69, 9.17) is 4.74 Å². The predicted molar refractivity (Wildman–Crippen MR) is 91.2 cm³/mol. The topological polar surface area (TPSA) is 36.9 Å². The maximum absolute atomic E-state index is 5.70. The molecule has 1 N–H and O–H groups in total. The Morgan fingerprint density at radius 1 is 1.23 bits per heavy atom. The van der Waals surface area contributed by atoms with Gasteiger partial charge in [-0.15, -0.1) is 0 Å². The molecular weight excluding hydrogens is 274 g/mol. The summed E-state index contributed by atoms with van der Waals surface area (Å²) in [5, 5.41) is 3.53. The minimum Gasteiger partial charge on any atom is -0.381 e. The van der Waals surface area contributed by atoms with Crippen LogP contribution >= 0.6 is 0 Å². The van der Waals surface area contributed by atoms with Gasteiger partial charge in [0.1, 0.15) is 0 Å². The van der Waals surface area contributed by atoms with Gasteiger partial charge in [0.25, 0.3) is 0 Å². The van der Waals surface area contributed by atoms with Crippen molar-refractivity contribution in [1.29, 1.82) is 0 Å². The highest BCUT2D eigenvalue weighted by Gasteiger charge is 2.39. The Morgan fingerprint density at radius 3 is 2.77 bits per heavy atom. The van der Waals surface area contributed by atoms with Crippen molar-refractivity contribution in [2.75, 3.05) is 39.9 Å². The van der Waals surface area contributed by atoms with Gasteiger partial charge in [-0.25, -0.2) is 0 Å². The molecule has 0 unspecified atom stereocenters. The molecule has 3 aliphatic rings. The Hall–Kier alpha value is -0.770. The van der Waals surface area contributed by atoms with E-state index in [1.165, 1.54) is 64.5 Å². The molecule has 0 aromatic heterocycles. The van der Waals surface area contributed by atoms with Crippen LogP contribution in [0.5, 0.6) is 0 Å². The molecule has 2 saturated carbocycles. The molecule has 1 heterocycles. The third-order valence-corrected chi connectivity index (χ3v) is 5.66. The highest BCUT2D eigenvalue weighted by molar-refractivity contribution is 5.80. The molecule has 0 bridgehead atoms. The van der Waals surface area contributed by atoms with Crippen molar-refractivity contribution in [3.8, 4) is 0 Å². The van der Waals surface area contributed by atoms with Gasteiger partial charge in [-0.3, -0.25) is 4.99 Å². The second-order valence-electron chi connectivity index (χ2n) is 7.58. The van der Waals surface area contributed by atoms with Gasteiger partial charge in [0.05, 0.1) is 0 Å². The lowest BCUT2D eigenvalue weighted by Gasteiger charge is -2.33. The van der Waals surface area contributed by atoms with Crippen LogP contribution in [-0.2, 0) is 4.74 Å². The Labute approximate surface area is 135 Å². The fraction of sp³-hybridized carbons (Fsp3) is 0.944. The fourth-order valence-electron chi connectivity index (χ4n) is 4.07. The Morgan fingerprint density at radius 2 is 2.05 bits per heavy atom. The first-order valence-corrected chi connectivity index (χ1v) is 9.35. The summed E-state index contributed by atoms with van der Waals surface area (Å²) in [7, 11) is 1.91. The lowest BCUT2D eigenvalue weighted by molar-refractivity contribution is 0.122. The smallest absolute Gasteiger partial charge is 0.193 e. The molecule has 0 atom stereocenters.